The molecular weight excluding hydrogens is 222 g/mol. The van der Waals surface area contributed by atoms with Crippen molar-refractivity contribution >= 4 is 0 Å². The molecule has 1 fully saturated rings. The first-order valence-electron chi connectivity index (χ1n) is 7.04. The Kier molecular flexibility index (Phi) is 5.65. The zero-order valence-electron chi connectivity index (χ0n) is 11.4. The van der Waals surface area contributed by atoms with Gasteiger partial charge in [-0.05, 0) is 25.5 Å². The summed E-state index contributed by atoms with van der Waals surface area (Å²) in [6.07, 6.45) is 1.13. The van der Waals surface area contributed by atoms with Gasteiger partial charge in [-0.3, -0.25) is 4.90 Å². The van der Waals surface area contributed by atoms with E-state index < -0.39 is 0 Å². The highest BCUT2D eigenvalue weighted by atomic mass is 15.2. The number of piperazine rings is 1. The first-order valence-corrected chi connectivity index (χ1v) is 7.04. The molecule has 0 radical (unpaired) electrons. The fraction of sp³-hybridized carbons (Fsp3) is 0.600. The van der Waals surface area contributed by atoms with E-state index in [1.165, 1.54) is 30.8 Å². The highest BCUT2D eigenvalue weighted by Crippen LogP contribution is 2.02. The lowest BCUT2D eigenvalue weighted by Crippen LogP contribution is -2.45. The summed E-state index contributed by atoms with van der Waals surface area (Å²) in [5, 5.41) is 6.91. The Morgan fingerprint density at radius 3 is 2.56 bits per heavy atom. The molecule has 100 valence electrons. The molecule has 1 aromatic carbocycles. The largest absolute Gasteiger partial charge is 0.315 e. The van der Waals surface area contributed by atoms with Crippen molar-refractivity contribution in [2.24, 2.45) is 0 Å². The van der Waals surface area contributed by atoms with Crippen LogP contribution in [0, 0.1) is 6.92 Å². The topological polar surface area (TPSA) is 27.3 Å². The number of benzene rings is 1. The molecule has 0 amide bonds. The van der Waals surface area contributed by atoms with E-state index in [4.69, 9.17) is 0 Å². The van der Waals surface area contributed by atoms with Crippen molar-refractivity contribution in [3.05, 3.63) is 35.4 Å². The van der Waals surface area contributed by atoms with Gasteiger partial charge < -0.3 is 10.6 Å². The highest BCUT2D eigenvalue weighted by molar-refractivity contribution is 5.21. The van der Waals surface area contributed by atoms with Crippen molar-refractivity contribution in [3.63, 3.8) is 0 Å². The van der Waals surface area contributed by atoms with Gasteiger partial charge in [0.05, 0.1) is 0 Å². The first kappa shape index (κ1) is 13.5. The molecule has 1 aliphatic heterocycles. The van der Waals surface area contributed by atoms with E-state index >= 15 is 0 Å². The van der Waals surface area contributed by atoms with Crippen LogP contribution in [0.5, 0.6) is 0 Å². The zero-order valence-corrected chi connectivity index (χ0v) is 11.4. The summed E-state index contributed by atoms with van der Waals surface area (Å²) in [5.74, 6) is 0. The van der Waals surface area contributed by atoms with E-state index in [-0.39, 0.29) is 0 Å². The molecule has 0 unspecified atom stereocenters. The highest BCUT2D eigenvalue weighted by Gasteiger charge is 2.07. The summed E-state index contributed by atoms with van der Waals surface area (Å²) in [6.45, 7) is 10.2. The fourth-order valence-electron chi connectivity index (χ4n) is 2.28. The molecule has 1 saturated heterocycles. The molecule has 0 spiro atoms. The summed E-state index contributed by atoms with van der Waals surface area (Å²) in [7, 11) is 0. The third-order valence-electron chi connectivity index (χ3n) is 3.53. The van der Waals surface area contributed by atoms with Crippen LogP contribution in [0.3, 0.4) is 0 Å². The maximum atomic E-state index is 3.53. The maximum absolute atomic E-state index is 3.53. The molecule has 3 heteroatoms. The van der Waals surface area contributed by atoms with Gasteiger partial charge in [-0.2, -0.15) is 0 Å². The van der Waals surface area contributed by atoms with Crippen molar-refractivity contribution in [3.8, 4) is 0 Å². The number of hydrogen-bond donors (Lipinski definition) is 2. The Bertz CT molecular complexity index is 328. The lowest BCUT2D eigenvalue weighted by molar-refractivity contribution is 0.241. The quantitative estimate of drug-likeness (QED) is 0.735. The van der Waals surface area contributed by atoms with Gasteiger partial charge in [-0.25, -0.2) is 0 Å². The Balaban J connectivity index is 1.54. The third-order valence-corrected chi connectivity index (χ3v) is 3.53. The minimum absolute atomic E-state index is 1.08. The van der Waals surface area contributed by atoms with Crippen LogP contribution in [0.2, 0.25) is 0 Å². The van der Waals surface area contributed by atoms with Crippen LogP contribution in [0.15, 0.2) is 24.3 Å². The van der Waals surface area contributed by atoms with Crippen LogP contribution in [0.4, 0.5) is 0 Å². The van der Waals surface area contributed by atoms with Gasteiger partial charge in [-0.1, -0.05) is 29.8 Å². The van der Waals surface area contributed by atoms with Gasteiger partial charge in [0.25, 0.3) is 0 Å². The lowest BCUT2D eigenvalue weighted by atomic mass is 10.1. The van der Waals surface area contributed by atoms with Crippen LogP contribution in [-0.4, -0.2) is 50.7 Å². The molecule has 0 atom stereocenters. The van der Waals surface area contributed by atoms with Crippen molar-refractivity contribution in [1.82, 2.24) is 15.5 Å². The first-order chi connectivity index (χ1) is 8.84. The third kappa shape index (κ3) is 4.77. The van der Waals surface area contributed by atoms with E-state index in [0.29, 0.717) is 0 Å². The molecule has 0 bridgehead atoms. The van der Waals surface area contributed by atoms with E-state index in [1.54, 1.807) is 0 Å². The van der Waals surface area contributed by atoms with Crippen molar-refractivity contribution in [2.45, 2.75) is 13.3 Å². The molecule has 2 rings (SSSR count). The van der Waals surface area contributed by atoms with Crippen molar-refractivity contribution < 1.29 is 0 Å². The standard InChI is InChI=1S/C15H25N3/c1-14-2-4-15(5-3-14)6-7-16-8-11-18-12-9-17-10-13-18/h2-5,16-17H,6-13H2,1H3. The van der Waals surface area contributed by atoms with Gasteiger partial charge in [0.2, 0.25) is 0 Å². The summed E-state index contributed by atoms with van der Waals surface area (Å²) >= 11 is 0. The zero-order chi connectivity index (χ0) is 12.6. The fourth-order valence-corrected chi connectivity index (χ4v) is 2.28. The summed E-state index contributed by atoms with van der Waals surface area (Å²) in [6, 6.07) is 8.84. The smallest absolute Gasteiger partial charge is 0.0108 e. The minimum atomic E-state index is 1.08. The van der Waals surface area contributed by atoms with Gasteiger partial charge in [0.15, 0.2) is 0 Å². The van der Waals surface area contributed by atoms with E-state index in [2.05, 4.69) is 46.7 Å². The lowest BCUT2D eigenvalue weighted by Gasteiger charge is -2.27. The maximum Gasteiger partial charge on any atom is 0.0108 e. The summed E-state index contributed by atoms with van der Waals surface area (Å²) in [4.78, 5) is 2.52. The van der Waals surface area contributed by atoms with E-state index in [9.17, 15) is 0 Å². The van der Waals surface area contributed by atoms with Crippen LogP contribution in [0.1, 0.15) is 11.1 Å². The van der Waals surface area contributed by atoms with Crippen LogP contribution >= 0.6 is 0 Å². The van der Waals surface area contributed by atoms with Crippen molar-refractivity contribution in [1.29, 1.82) is 0 Å². The number of hydrogen-bond acceptors (Lipinski definition) is 3. The Morgan fingerprint density at radius 2 is 1.83 bits per heavy atom. The number of rotatable bonds is 6. The van der Waals surface area contributed by atoms with Gasteiger partial charge in [-0.15, -0.1) is 0 Å². The average molecular weight is 247 g/mol. The Morgan fingerprint density at radius 1 is 1.11 bits per heavy atom. The predicted octanol–water partition coefficient (Wildman–Crippen LogP) is 1.03. The second kappa shape index (κ2) is 7.52. The Hall–Kier alpha value is -0.900. The number of nitrogens with zero attached hydrogens (tertiary/aromatic N) is 1. The van der Waals surface area contributed by atoms with Crippen LogP contribution in [-0.2, 0) is 6.42 Å². The molecule has 0 saturated carbocycles. The molecular formula is C15H25N3. The van der Waals surface area contributed by atoms with Gasteiger partial charge in [0.1, 0.15) is 0 Å². The molecule has 0 aliphatic carbocycles. The molecule has 0 aromatic heterocycles. The molecule has 1 heterocycles. The van der Waals surface area contributed by atoms with Crippen molar-refractivity contribution in [2.75, 3.05) is 45.8 Å². The molecule has 1 aliphatic rings. The Labute approximate surface area is 111 Å². The van der Waals surface area contributed by atoms with Crippen LogP contribution < -0.4 is 10.6 Å². The second-order valence-corrected chi connectivity index (χ2v) is 5.08. The predicted molar refractivity (Wildman–Crippen MR) is 77.1 cm³/mol. The molecule has 18 heavy (non-hydrogen) atoms. The minimum Gasteiger partial charge on any atom is -0.315 e. The normalized spacial score (nSPS) is 16.9. The second-order valence-electron chi connectivity index (χ2n) is 5.08. The number of aryl methyl sites for hydroxylation is 1. The van der Waals surface area contributed by atoms with E-state index in [1.807, 2.05) is 0 Å². The molecule has 2 N–H and O–H groups in total. The van der Waals surface area contributed by atoms with E-state index in [0.717, 1.165) is 32.6 Å². The van der Waals surface area contributed by atoms with Gasteiger partial charge >= 0.3 is 0 Å². The van der Waals surface area contributed by atoms with Gasteiger partial charge in [0, 0.05) is 39.3 Å². The monoisotopic (exact) mass is 247 g/mol. The summed E-state index contributed by atoms with van der Waals surface area (Å²) < 4.78 is 0. The molecule has 1 aromatic rings. The van der Waals surface area contributed by atoms with Crippen LogP contribution in [0.25, 0.3) is 0 Å². The SMILES string of the molecule is Cc1ccc(CCNCCN2CCNCC2)cc1. The average Bonchev–Trinajstić information content (AvgIpc) is 2.42. The molecule has 3 nitrogen and oxygen atoms in total. The number of nitrogens with one attached hydrogen (secondary N) is 2. The summed E-state index contributed by atoms with van der Waals surface area (Å²) in [5.41, 5.74) is 2.76.